The number of rotatable bonds is 9. The molecule has 0 heterocycles. The Balaban J connectivity index is 1.90. The summed E-state index contributed by atoms with van der Waals surface area (Å²) in [5.41, 5.74) is 2.21. The van der Waals surface area contributed by atoms with Crippen LogP contribution in [0.25, 0.3) is 0 Å². The lowest BCUT2D eigenvalue weighted by molar-refractivity contribution is 0.317. The van der Waals surface area contributed by atoms with Gasteiger partial charge in [-0.3, -0.25) is 0 Å². The average Bonchev–Trinajstić information content (AvgIpc) is 2.60. The molecule has 6 heteroatoms. The van der Waals surface area contributed by atoms with Crippen molar-refractivity contribution in [3.05, 3.63) is 54.1 Å². The molecule has 0 atom stereocenters. The van der Waals surface area contributed by atoms with Crippen molar-refractivity contribution in [3.8, 4) is 5.75 Å². The van der Waals surface area contributed by atoms with Crippen molar-refractivity contribution in [1.82, 2.24) is 4.72 Å². The van der Waals surface area contributed by atoms with Crippen LogP contribution >= 0.6 is 0 Å². The molecule has 0 aliphatic carbocycles. The molecule has 2 aromatic rings. The van der Waals surface area contributed by atoms with E-state index in [2.05, 4.69) is 4.72 Å². The van der Waals surface area contributed by atoms with Crippen LogP contribution in [0.15, 0.2) is 53.4 Å². The number of nitrogens with zero attached hydrogens (tertiary/aromatic N) is 1. The smallest absolute Gasteiger partial charge is 0.240 e. The van der Waals surface area contributed by atoms with E-state index in [9.17, 15) is 8.42 Å². The fraction of sp³-hybridized carbons (Fsp3) is 0.368. The van der Waals surface area contributed by atoms with Crippen molar-refractivity contribution >= 4 is 15.7 Å². The zero-order valence-electron chi connectivity index (χ0n) is 15.0. The monoisotopic (exact) mass is 362 g/mol. The van der Waals surface area contributed by atoms with Gasteiger partial charge < -0.3 is 9.64 Å². The second kappa shape index (κ2) is 8.87. The molecule has 0 bridgehead atoms. The van der Waals surface area contributed by atoms with Crippen molar-refractivity contribution in [3.63, 3.8) is 0 Å². The molecule has 2 aromatic carbocycles. The van der Waals surface area contributed by atoms with Crippen LogP contribution in [0.5, 0.6) is 5.75 Å². The van der Waals surface area contributed by atoms with Crippen LogP contribution in [0.1, 0.15) is 18.9 Å². The second-order valence-corrected chi connectivity index (χ2v) is 7.80. The predicted octanol–water partition coefficient (Wildman–Crippen LogP) is 3.06. The Kier molecular flexibility index (Phi) is 6.84. The number of anilines is 1. The molecule has 0 saturated heterocycles. The first-order valence-electron chi connectivity index (χ1n) is 8.41. The first-order valence-corrected chi connectivity index (χ1v) is 9.89. The summed E-state index contributed by atoms with van der Waals surface area (Å²) >= 11 is 0. The molecule has 0 radical (unpaired) electrons. The maximum absolute atomic E-state index is 12.3. The van der Waals surface area contributed by atoms with Gasteiger partial charge in [-0.15, -0.1) is 0 Å². The van der Waals surface area contributed by atoms with Crippen LogP contribution in [0.2, 0.25) is 0 Å². The van der Waals surface area contributed by atoms with E-state index >= 15 is 0 Å². The summed E-state index contributed by atoms with van der Waals surface area (Å²) in [6.45, 7) is 3.01. The van der Waals surface area contributed by atoms with Crippen LogP contribution in [0, 0.1) is 0 Å². The van der Waals surface area contributed by atoms with Gasteiger partial charge in [0.25, 0.3) is 0 Å². The summed E-state index contributed by atoms with van der Waals surface area (Å²) in [6.07, 6.45) is 1.56. The van der Waals surface area contributed by atoms with E-state index in [1.807, 2.05) is 50.2 Å². The van der Waals surface area contributed by atoms with E-state index < -0.39 is 10.0 Å². The van der Waals surface area contributed by atoms with Gasteiger partial charge in [0.15, 0.2) is 0 Å². The summed E-state index contributed by atoms with van der Waals surface area (Å²) in [5, 5.41) is 0. The highest BCUT2D eigenvalue weighted by Gasteiger charge is 2.13. The Labute approximate surface area is 150 Å². The van der Waals surface area contributed by atoms with E-state index in [-0.39, 0.29) is 4.90 Å². The Bertz CT molecular complexity index is 754. The second-order valence-electron chi connectivity index (χ2n) is 6.03. The third-order valence-corrected chi connectivity index (χ3v) is 5.24. The van der Waals surface area contributed by atoms with Crippen molar-refractivity contribution in [1.29, 1.82) is 0 Å². The minimum Gasteiger partial charge on any atom is -0.494 e. The average molecular weight is 362 g/mol. The lowest BCUT2D eigenvalue weighted by Crippen LogP contribution is -2.26. The van der Waals surface area contributed by atoms with Crippen molar-refractivity contribution < 1.29 is 13.2 Å². The van der Waals surface area contributed by atoms with Gasteiger partial charge in [-0.1, -0.05) is 19.1 Å². The molecule has 0 unspecified atom stereocenters. The summed E-state index contributed by atoms with van der Waals surface area (Å²) < 4.78 is 32.8. The zero-order chi connectivity index (χ0) is 18.3. The molecule has 0 aliphatic rings. The SMILES string of the molecule is CCCOc1ccc(S(=O)(=O)NCCc2ccc(N(C)C)cc2)cc1. The highest BCUT2D eigenvalue weighted by atomic mass is 32.2. The van der Waals surface area contributed by atoms with Gasteiger partial charge in [-0.05, 0) is 54.8 Å². The lowest BCUT2D eigenvalue weighted by Gasteiger charge is -2.13. The minimum atomic E-state index is -3.50. The van der Waals surface area contributed by atoms with Crippen LogP contribution in [0.4, 0.5) is 5.69 Å². The number of hydrogen-bond donors (Lipinski definition) is 1. The number of nitrogens with one attached hydrogen (secondary N) is 1. The van der Waals surface area contributed by atoms with Gasteiger partial charge in [0, 0.05) is 26.3 Å². The van der Waals surface area contributed by atoms with E-state index in [1.165, 1.54) is 0 Å². The van der Waals surface area contributed by atoms with Crippen molar-refractivity contribution in [2.75, 3.05) is 32.1 Å². The molecule has 0 amide bonds. The van der Waals surface area contributed by atoms with Gasteiger partial charge in [-0.25, -0.2) is 13.1 Å². The molecule has 0 saturated carbocycles. The van der Waals surface area contributed by atoms with E-state index in [1.54, 1.807) is 24.3 Å². The molecule has 0 aromatic heterocycles. The van der Waals surface area contributed by atoms with E-state index in [0.29, 0.717) is 25.3 Å². The number of hydrogen-bond acceptors (Lipinski definition) is 4. The Morgan fingerprint density at radius 3 is 2.20 bits per heavy atom. The maximum Gasteiger partial charge on any atom is 0.240 e. The summed E-state index contributed by atoms with van der Waals surface area (Å²) in [6, 6.07) is 14.6. The Morgan fingerprint density at radius 2 is 1.64 bits per heavy atom. The fourth-order valence-corrected chi connectivity index (χ4v) is 3.34. The maximum atomic E-state index is 12.3. The lowest BCUT2D eigenvalue weighted by atomic mass is 10.1. The Hall–Kier alpha value is -2.05. The fourth-order valence-electron chi connectivity index (χ4n) is 2.31. The first kappa shape index (κ1) is 19.3. The summed E-state index contributed by atoms with van der Waals surface area (Å²) in [4.78, 5) is 2.28. The molecule has 1 N–H and O–H groups in total. The standard InChI is InChI=1S/C19H26N2O3S/c1-4-15-24-18-9-11-19(12-10-18)25(22,23)20-14-13-16-5-7-17(8-6-16)21(2)3/h5-12,20H,4,13-15H2,1-3H3. The van der Waals surface area contributed by atoms with Gasteiger partial charge in [0.1, 0.15) is 5.75 Å². The highest BCUT2D eigenvalue weighted by molar-refractivity contribution is 7.89. The molecular weight excluding hydrogens is 336 g/mol. The number of ether oxygens (including phenoxy) is 1. The normalized spacial score (nSPS) is 11.3. The highest BCUT2D eigenvalue weighted by Crippen LogP contribution is 2.16. The molecule has 25 heavy (non-hydrogen) atoms. The predicted molar refractivity (Wildman–Crippen MR) is 102 cm³/mol. The Morgan fingerprint density at radius 1 is 1.00 bits per heavy atom. The molecule has 0 aliphatic heterocycles. The van der Waals surface area contributed by atoms with Crippen molar-refractivity contribution in [2.45, 2.75) is 24.7 Å². The number of sulfonamides is 1. The largest absolute Gasteiger partial charge is 0.494 e. The van der Waals surface area contributed by atoms with E-state index in [0.717, 1.165) is 17.7 Å². The molecule has 2 rings (SSSR count). The van der Waals surface area contributed by atoms with Gasteiger partial charge in [-0.2, -0.15) is 0 Å². The number of benzene rings is 2. The summed E-state index contributed by atoms with van der Waals surface area (Å²) in [7, 11) is 0.473. The molecule has 0 spiro atoms. The topological polar surface area (TPSA) is 58.6 Å². The van der Waals surface area contributed by atoms with Crippen LogP contribution in [-0.4, -0.2) is 35.7 Å². The van der Waals surface area contributed by atoms with Gasteiger partial charge in [0.2, 0.25) is 10.0 Å². The molecular formula is C19H26N2O3S. The molecule has 5 nitrogen and oxygen atoms in total. The van der Waals surface area contributed by atoms with Crippen molar-refractivity contribution in [2.24, 2.45) is 0 Å². The molecule has 136 valence electrons. The van der Waals surface area contributed by atoms with Crippen LogP contribution in [-0.2, 0) is 16.4 Å². The third kappa shape index (κ3) is 5.76. The molecule has 0 fully saturated rings. The minimum absolute atomic E-state index is 0.249. The van der Waals surface area contributed by atoms with E-state index in [4.69, 9.17) is 4.74 Å². The quantitative estimate of drug-likeness (QED) is 0.745. The third-order valence-electron chi connectivity index (χ3n) is 3.77. The van der Waals surface area contributed by atoms with Gasteiger partial charge in [0.05, 0.1) is 11.5 Å². The first-order chi connectivity index (χ1) is 11.9. The summed E-state index contributed by atoms with van der Waals surface area (Å²) in [5.74, 6) is 0.682. The van der Waals surface area contributed by atoms with Gasteiger partial charge >= 0.3 is 0 Å². The zero-order valence-corrected chi connectivity index (χ0v) is 15.8. The van der Waals surface area contributed by atoms with Crippen LogP contribution in [0.3, 0.4) is 0 Å². The van der Waals surface area contributed by atoms with Crippen LogP contribution < -0.4 is 14.4 Å².